The SMILES string of the molecule is CC[C@H](NS(=O)(=O)c1ccc(OC)cc1)c1ccc(Cl)cc1. The van der Waals surface area contributed by atoms with Gasteiger partial charge in [0.05, 0.1) is 12.0 Å². The van der Waals surface area contributed by atoms with Gasteiger partial charge in [-0.05, 0) is 48.4 Å². The molecule has 0 fully saturated rings. The van der Waals surface area contributed by atoms with Crippen molar-refractivity contribution in [3.05, 3.63) is 59.1 Å². The van der Waals surface area contributed by atoms with Crippen LogP contribution in [0.5, 0.6) is 5.75 Å². The minimum Gasteiger partial charge on any atom is -0.497 e. The third-order valence-electron chi connectivity index (χ3n) is 3.35. The number of hydrogen-bond donors (Lipinski definition) is 1. The van der Waals surface area contributed by atoms with Crippen molar-refractivity contribution in [1.82, 2.24) is 4.72 Å². The molecule has 0 radical (unpaired) electrons. The summed E-state index contributed by atoms with van der Waals surface area (Å²) in [5.41, 5.74) is 0.879. The summed E-state index contributed by atoms with van der Waals surface area (Å²) in [6, 6.07) is 13.1. The van der Waals surface area contributed by atoms with Crippen LogP contribution in [0.15, 0.2) is 53.4 Å². The molecule has 0 saturated heterocycles. The summed E-state index contributed by atoms with van der Waals surface area (Å²) in [6.07, 6.45) is 0.636. The lowest BCUT2D eigenvalue weighted by Gasteiger charge is -2.18. The largest absolute Gasteiger partial charge is 0.497 e. The van der Waals surface area contributed by atoms with Crippen molar-refractivity contribution in [1.29, 1.82) is 0 Å². The summed E-state index contributed by atoms with van der Waals surface area (Å²) in [5, 5.41) is 0.622. The van der Waals surface area contributed by atoms with Crippen molar-refractivity contribution in [2.45, 2.75) is 24.3 Å². The van der Waals surface area contributed by atoms with E-state index in [-0.39, 0.29) is 10.9 Å². The van der Waals surface area contributed by atoms with Crippen LogP contribution in [0, 0.1) is 0 Å². The average molecular weight is 340 g/mol. The Morgan fingerprint density at radius 2 is 1.68 bits per heavy atom. The van der Waals surface area contributed by atoms with Gasteiger partial charge in [-0.3, -0.25) is 0 Å². The molecule has 118 valence electrons. The van der Waals surface area contributed by atoms with Crippen LogP contribution in [0.1, 0.15) is 24.9 Å². The molecule has 0 aromatic heterocycles. The fourth-order valence-electron chi connectivity index (χ4n) is 2.09. The second kappa shape index (κ2) is 7.13. The minimum atomic E-state index is -3.59. The van der Waals surface area contributed by atoms with E-state index in [0.29, 0.717) is 17.2 Å². The zero-order valence-corrected chi connectivity index (χ0v) is 14.0. The van der Waals surface area contributed by atoms with Gasteiger partial charge >= 0.3 is 0 Å². The number of sulfonamides is 1. The monoisotopic (exact) mass is 339 g/mol. The van der Waals surface area contributed by atoms with Gasteiger partial charge in [0.15, 0.2) is 0 Å². The molecule has 2 aromatic carbocycles. The molecule has 0 amide bonds. The molecule has 6 heteroatoms. The molecule has 0 heterocycles. The van der Waals surface area contributed by atoms with E-state index in [1.165, 1.54) is 19.2 Å². The highest BCUT2D eigenvalue weighted by atomic mass is 35.5. The van der Waals surface area contributed by atoms with E-state index < -0.39 is 10.0 Å². The molecule has 0 saturated carbocycles. The van der Waals surface area contributed by atoms with Crippen LogP contribution in [0.25, 0.3) is 0 Å². The molecule has 0 aliphatic rings. The Morgan fingerprint density at radius 3 is 2.18 bits per heavy atom. The molecule has 0 spiro atoms. The number of methoxy groups -OCH3 is 1. The van der Waals surface area contributed by atoms with Gasteiger partial charge in [0.1, 0.15) is 5.75 Å². The van der Waals surface area contributed by atoms with Gasteiger partial charge in [0.2, 0.25) is 10.0 Å². The summed E-state index contributed by atoms with van der Waals surface area (Å²) >= 11 is 5.87. The number of benzene rings is 2. The van der Waals surface area contributed by atoms with Crippen LogP contribution in [0.3, 0.4) is 0 Å². The van der Waals surface area contributed by atoms with Crippen LogP contribution in [-0.2, 0) is 10.0 Å². The van der Waals surface area contributed by atoms with Crippen LogP contribution < -0.4 is 9.46 Å². The van der Waals surface area contributed by atoms with Crippen molar-refractivity contribution in [3.8, 4) is 5.75 Å². The topological polar surface area (TPSA) is 55.4 Å². The average Bonchev–Trinajstić information content (AvgIpc) is 2.53. The second-order valence-corrected chi connectivity index (χ2v) is 6.96. The van der Waals surface area contributed by atoms with E-state index in [0.717, 1.165) is 5.56 Å². The summed E-state index contributed by atoms with van der Waals surface area (Å²) in [6.45, 7) is 1.93. The maximum atomic E-state index is 12.5. The lowest BCUT2D eigenvalue weighted by molar-refractivity contribution is 0.414. The molecule has 2 rings (SSSR count). The highest BCUT2D eigenvalue weighted by molar-refractivity contribution is 7.89. The van der Waals surface area contributed by atoms with E-state index >= 15 is 0 Å². The Morgan fingerprint density at radius 1 is 1.09 bits per heavy atom. The van der Waals surface area contributed by atoms with E-state index in [2.05, 4.69) is 4.72 Å². The van der Waals surface area contributed by atoms with Gasteiger partial charge in [-0.1, -0.05) is 30.7 Å². The molecule has 0 bridgehead atoms. The lowest BCUT2D eigenvalue weighted by atomic mass is 10.1. The third kappa shape index (κ3) is 4.00. The van der Waals surface area contributed by atoms with Gasteiger partial charge in [-0.2, -0.15) is 0 Å². The molecular weight excluding hydrogens is 322 g/mol. The number of halogens is 1. The molecule has 1 N–H and O–H groups in total. The fourth-order valence-corrected chi connectivity index (χ4v) is 3.53. The van der Waals surface area contributed by atoms with E-state index in [4.69, 9.17) is 16.3 Å². The maximum Gasteiger partial charge on any atom is 0.241 e. The van der Waals surface area contributed by atoms with Crippen molar-refractivity contribution in [3.63, 3.8) is 0 Å². The van der Waals surface area contributed by atoms with Gasteiger partial charge in [0, 0.05) is 11.1 Å². The van der Waals surface area contributed by atoms with Crippen molar-refractivity contribution >= 4 is 21.6 Å². The number of rotatable bonds is 6. The van der Waals surface area contributed by atoms with Crippen LogP contribution in [0.2, 0.25) is 5.02 Å². The van der Waals surface area contributed by atoms with E-state index in [1.807, 2.05) is 19.1 Å². The second-order valence-electron chi connectivity index (χ2n) is 4.81. The molecule has 1 atom stereocenters. The number of ether oxygens (including phenoxy) is 1. The molecular formula is C16H18ClNO3S. The van der Waals surface area contributed by atoms with E-state index in [9.17, 15) is 8.42 Å². The van der Waals surface area contributed by atoms with Crippen molar-refractivity contribution < 1.29 is 13.2 Å². The molecule has 4 nitrogen and oxygen atoms in total. The van der Waals surface area contributed by atoms with Crippen LogP contribution in [0.4, 0.5) is 0 Å². The Bertz CT molecular complexity index is 712. The lowest BCUT2D eigenvalue weighted by Crippen LogP contribution is -2.28. The number of nitrogens with one attached hydrogen (secondary N) is 1. The molecule has 22 heavy (non-hydrogen) atoms. The normalized spacial score (nSPS) is 12.9. The Labute approximate surface area is 136 Å². The highest BCUT2D eigenvalue weighted by Gasteiger charge is 2.20. The zero-order valence-electron chi connectivity index (χ0n) is 12.4. The van der Waals surface area contributed by atoms with Crippen LogP contribution >= 0.6 is 11.6 Å². The van der Waals surface area contributed by atoms with Crippen molar-refractivity contribution in [2.24, 2.45) is 0 Å². The molecule has 0 unspecified atom stereocenters. The molecule has 0 aliphatic heterocycles. The first-order chi connectivity index (χ1) is 10.5. The van der Waals surface area contributed by atoms with E-state index in [1.54, 1.807) is 24.3 Å². The Hall–Kier alpha value is -1.56. The summed E-state index contributed by atoms with van der Waals surface area (Å²) in [5.74, 6) is 0.615. The van der Waals surface area contributed by atoms with Gasteiger partial charge in [-0.15, -0.1) is 0 Å². The van der Waals surface area contributed by atoms with Gasteiger partial charge < -0.3 is 4.74 Å². The quantitative estimate of drug-likeness (QED) is 0.871. The third-order valence-corrected chi connectivity index (χ3v) is 5.09. The predicted octanol–water partition coefficient (Wildman–Crippen LogP) is 3.78. The summed E-state index contributed by atoms with van der Waals surface area (Å²) in [4.78, 5) is 0.209. The Balaban J connectivity index is 2.23. The Kier molecular flexibility index (Phi) is 5.45. The minimum absolute atomic E-state index is 0.209. The van der Waals surface area contributed by atoms with Gasteiger partial charge in [0.25, 0.3) is 0 Å². The maximum absolute atomic E-state index is 12.5. The fraction of sp³-hybridized carbons (Fsp3) is 0.250. The first-order valence-corrected chi connectivity index (χ1v) is 8.74. The standard InChI is InChI=1S/C16H18ClNO3S/c1-3-16(12-4-6-13(17)7-5-12)18-22(19,20)15-10-8-14(21-2)9-11-15/h4-11,16,18H,3H2,1-2H3/t16-/m0/s1. The first kappa shape index (κ1) is 16.8. The first-order valence-electron chi connectivity index (χ1n) is 6.88. The van der Waals surface area contributed by atoms with Crippen molar-refractivity contribution in [2.75, 3.05) is 7.11 Å². The van der Waals surface area contributed by atoms with Gasteiger partial charge in [-0.25, -0.2) is 13.1 Å². The molecule has 0 aliphatic carbocycles. The van der Waals surface area contributed by atoms with Crippen LogP contribution in [-0.4, -0.2) is 15.5 Å². The number of hydrogen-bond acceptors (Lipinski definition) is 3. The smallest absolute Gasteiger partial charge is 0.241 e. The highest BCUT2D eigenvalue weighted by Crippen LogP contribution is 2.23. The molecule has 2 aromatic rings. The summed E-state index contributed by atoms with van der Waals surface area (Å²) in [7, 11) is -2.06. The summed E-state index contributed by atoms with van der Waals surface area (Å²) < 4.78 is 32.7. The predicted molar refractivity (Wildman–Crippen MR) is 87.8 cm³/mol. The zero-order chi connectivity index (χ0) is 16.2.